The van der Waals surface area contributed by atoms with Gasteiger partial charge in [-0.2, -0.15) is 14.6 Å². The van der Waals surface area contributed by atoms with Gasteiger partial charge in [0.15, 0.2) is 11.6 Å². The van der Waals surface area contributed by atoms with E-state index in [0.717, 1.165) is 5.56 Å². The molecule has 0 amide bonds. The Labute approximate surface area is 220 Å². The molecule has 0 spiro atoms. The van der Waals surface area contributed by atoms with Crippen LogP contribution in [0.5, 0.6) is 11.6 Å². The van der Waals surface area contributed by atoms with Crippen LogP contribution >= 0.6 is 0 Å². The van der Waals surface area contributed by atoms with Crippen LogP contribution in [0, 0.1) is 17.1 Å². The Bertz CT molecular complexity index is 1620. The smallest absolute Gasteiger partial charge is 0.244 e. The van der Waals surface area contributed by atoms with Crippen LogP contribution in [0.4, 0.5) is 10.3 Å². The number of halogens is 1. The molecule has 0 N–H and O–H groups in total. The molecule has 0 radical (unpaired) electrons. The van der Waals surface area contributed by atoms with E-state index in [-0.39, 0.29) is 35.2 Å². The number of fused-ring (bicyclic) bond motifs is 1. The third-order valence-electron chi connectivity index (χ3n) is 6.25. The normalized spacial score (nSPS) is 13.4. The van der Waals surface area contributed by atoms with Crippen molar-refractivity contribution in [2.45, 2.75) is 24.4 Å². The molecular weight excluding hydrogens is 505 g/mol. The van der Waals surface area contributed by atoms with Crippen LogP contribution in [0.1, 0.15) is 22.4 Å². The number of sulfonamides is 1. The van der Waals surface area contributed by atoms with Gasteiger partial charge in [-0.1, -0.05) is 54.6 Å². The topological polar surface area (TPSA) is 99.4 Å². The molecular formula is C28H24FN5O3S. The summed E-state index contributed by atoms with van der Waals surface area (Å²) in [6.07, 6.45) is 0.297. The molecule has 192 valence electrons. The summed E-state index contributed by atoms with van der Waals surface area (Å²) in [6.45, 7) is 0.612. The zero-order valence-corrected chi connectivity index (χ0v) is 21.4. The lowest BCUT2D eigenvalue weighted by Gasteiger charge is -2.29. The van der Waals surface area contributed by atoms with Gasteiger partial charge in [0.1, 0.15) is 6.07 Å². The molecule has 3 aromatic carbocycles. The molecule has 10 heteroatoms. The highest BCUT2D eigenvalue weighted by atomic mass is 32.2. The first-order valence-corrected chi connectivity index (χ1v) is 13.4. The maximum atomic E-state index is 14.5. The number of hydrogen-bond donors (Lipinski definition) is 0. The van der Waals surface area contributed by atoms with E-state index in [9.17, 15) is 18.1 Å². The first-order valence-electron chi connectivity index (χ1n) is 11.9. The first kappa shape index (κ1) is 25.3. The summed E-state index contributed by atoms with van der Waals surface area (Å²) in [6, 6.07) is 23.8. The van der Waals surface area contributed by atoms with Crippen molar-refractivity contribution in [3.63, 3.8) is 0 Å². The highest BCUT2D eigenvalue weighted by molar-refractivity contribution is 7.89. The van der Waals surface area contributed by atoms with Crippen LogP contribution in [0.3, 0.4) is 0 Å². The predicted octanol–water partition coefficient (Wildman–Crippen LogP) is 4.66. The van der Waals surface area contributed by atoms with Crippen molar-refractivity contribution in [2.75, 3.05) is 18.5 Å². The summed E-state index contributed by atoms with van der Waals surface area (Å²) in [4.78, 5) is 11.1. The molecule has 4 aromatic rings. The van der Waals surface area contributed by atoms with Crippen LogP contribution in [-0.4, -0.2) is 36.3 Å². The third-order valence-corrected chi connectivity index (χ3v) is 8.15. The predicted molar refractivity (Wildman–Crippen MR) is 140 cm³/mol. The van der Waals surface area contributed by atoms with Crippen molar-refractivity contribution >= 4 is 16.0 Å². The Balaban J connectivity index is 1.53. The lowest BCUT2D eigenvalue weighted by Crippen LogP contribution is -2.37. The van der Waals surface area contributed by atoms with E-state index in [1.54, 1.807) is 24.3 Å². The first-order chi connectivity index (χ1) is 18.4. The zero-order valence-electron chi connectivity index (χ0n) is 20.6. The number of anilines is 1. The van der Waals surface area contributed by atoms with Gasteiger partial charge in [0, 0.05) is 33.1 Å². The second-order valence-corrected chi connectivity index (χ2v) is 10.7. The van der Waals surface area contributed by atoms with Gasteiger partial charge in [0.25, 0.3) is 0 Å². The highest BCUT2D eigenvalue weighted by Gasteiger charge is 2.33. The number of para-hydroxylation sites is 1. The minimum Gasteiger partial charge on any atom is -0.435 e. The van der Waals surface area contributed by atoms with Crippen molar-refractivity contribution in [1.29, 1.82) is 5.26 Å². The molecule has 1 aliphatic heterocycles. The van der Waals surface area contributed by atoms with E-state index >= 15 is 0 Å². The van der Waals surface area contributed by atoms with Gasteiger partial charge in [-0.05, 0) is 29.8 Å². The molecule has 38 heavy (non-hydrogen) atoms. The van der Waals surface area contributed by atoms with Crippen molar-refractivity contribution in [2.24, 2.45) is 0 Å². The lowest BCUT2D eigenvalue weighted by molar-refractivity contribution is 0.364. The maximum absolute atomic E-state index is 14.5. The Kier molecular flexibility index (Phi) is 7.05. The number of hydrogen-bond acceptors (Lipinski definition) is 7. The maximum Gasteiger partial charge on any atom is 0.244 e. The standard InChI is InChI=1S/C28H24FN5O3S/c1-33(18-20-9-3-2-4-10-20)28-31-24-15-16-34(38(35,36)26-14-8-5-11-21(26)17-30)19-22(24)27(32-28)37-25-13-7-6-12-23(25)29/h2-14H,15-16,18-19H2,1H3. The van der Waals surface area contributed by atoms with Gasteiger partial charge < -0.3 is 9.64 Å². The van der Waals surface area contributed by atoms with E-state index in [2.05, 4.69) is 4.98 Å². The quantitative estimate of drug-likeness (QED) is 0.343. The Morgan fingerprint density at radius 3 is 2.50 bits per heavy atom. The number of nitriles is 1. The summed E-state index contributed by atoms with van der Waals surface area (Å²) in [7, 11) is -2.15. The Hall–Kier alpha value is -4.33. The summed E-state index contributed by atoms with van der Waals surface area (Å²) in [5, 5.41) is 9.45. The van der Waals surface area contributed by atoms with E-state index < -0.39 is 15.8 Å². The zero-order chi connectivity index (χ0) is 26.7. The van der Waals surface area contributed by atoms with E-state index in [1.165, 1.54) is 28.6 Å². The van der Waals surface area contributed by atoms with Gasteiger partial charge in [-0.15, -0.1) is 0 Å². The van der Waals surface area contributed by atoms with Gasteiger partial charge >= 0.3 is 0 Å². The second-order valence-electron chi connectivity index (χ2n) is 8.82. The molecule has 5 rings (SSSR count). The van der Waals surface area contributed by atoms with Crippen molar-refractivity contribution < 1.29 is 17.5 Å². The average Bonchev–Trinajstić information content (AvgIpc) is 2.94. The van der Waals surface area contributed by atoms with Crippen LogP contribution in [-0.2, 0) is 29.5 Å². The fourth-order valence-electron chi connectivity index (χ4n) is 4.29. The number of aromatic nitrogens is 2. The van der Waals surface area contributed by atoms with Crippen molar-refractivity contribution in [3.8, 4) is 17.7 Å². The number of benzene rings is 3. The minimum absolute atomic E-state index is 0.0279. The van der Waals surface area contributed by atoms with Crippen LogP contribution < -0.4 is 9.64 Å². The summed E-state index contributed by atoms with van der Waals surface area (Å²) in [5.41, 5.74) is 2.20. The largest absolute Gasteiger partial charge is 0.435 e. The van der Waals surface area contributed by atoms with Gasteiger partial charge in [0.2, 0.25) is 21.9 Å². The molecule has 0 aliphatic carbocycles. The summed E-state index contributed by atoms with van der Waals surface area (Å²) in [5.74, 6) is -0.129. The summed E-state index contributed by atoms with van der Waals surface area (Å²) >= 11 is 0. The fourth-order valence-corrected chi connectivity index (χ4v) is 5.84. The van der Waals surface area contributed by atoms with Crippen LogP contribution in [0.25, 0.3) is 0 Å². The molecule has 0 atom stereocenters. The highest BCUT2D eigenvalue weighted by Crippen LogP contribution is 2.34. The molecule has 0 bridgehead atoms. The monoisotopic (exact) mass is 529 g/mol. The van der Waals surface area contributed by atoms with Crippen molar-refractivity contribution in [3.05, 3.63) is 107 Å². The lowest BCUT2D eigenvalue weighted by atomic mass is 10.1. The fraction of sp³-hybridized carbons (Fsp3) is 0.179. The SMILES string of the molecule is CN(Cc1ccccc1)c1nc2c(c(Oc3ccccc3F)n1)CN(S(=O)(=O)c1ccccc1C#N)CC2. The van der Waals surface area contributed by atoms with E-state index in [1.807, 2.05) is 48.3 Å². The molecule has 0 saturated carbocycles. The third kappa shape index (κ3) is 5.07. The van der Waals surface area contributed by atoms with E-state index in [0.29, 0.717) is 30.2 Å². The van der Waals surface area contributed by atoms with Gasteiger partial charge in [-0.3, -0.25) is 0 Å². The van der Waals surface area contributed by atoms with Crippen molar-refractivity contribution in [1.82, 2.24) is 14.3 Å². The van der Waals surface area contributed by atoms with Gasteiger partial charge in [0.05, 0.1) is 21.7 Å². The molecule has 0 saturated heterocycles. The van der Waals surface area contributed by atoms with E-state index in [4.69, 9.17) is 9.72 Å². The molecule has 0 fully saturated rings. The minimum atomic E-state index is -4.00. The molecule has 8 nitrogen and oxygen atoms in total. The summed E-state index contributed by atoms with van der Waals surface area (Å²) < 4.78 is 48.7. The Morgan fingerprint density at radius 2 is 1.74 bits per heavy atom. The number of nitrogens with zero attached hydrogens (tertiary/aromatic N) is 5. The average molecular weight is 530 g/mol. The molecule has 2 heterocycles. The number of ether oxygens (including phenoxy) is 1. The second kappa shape index (κ2) is 10.6. The number of rotatable bonds is 7. The van der Waals surface area contributed by atoms with Crippen LogP contribution in [0.2, 0.25) is 0 Å². The molecule has 1 aromatic heterocycles. The molecule has 1 aliphatic rings. The van der Waals surface area contributed by atoms with Crippen LogP contribution in [0.15, 0.2) is 83.8 Å². The Morgan fingerprint density at radius 1 is 1.03 bits per heavy atom. The molecule has 0 unspecified atom stereocenters. The van der Waals surface area contributed by atoms with Gasteiger partial charge in [-0.25, -0.2) is 17.8 Å².